The lowest BCUT2D eigenvalue weighted by Crippen LogP contribution is -2.52. The number of guanidine groups is 1. The number of rotatable bonds is 5. The summed E-state index contributed by atoms with van der Waals surface area (Å²) in [6, 6.07) is 7.30. The molecule has 0 radical (unpaired) electrons. The molecule has 0 bridgehead atoms. The summed E-state index contributed by atoms with van der Waals surface area (Å²) >= 11 is 1.78. The highest BCUT2D eigenvalue weighted by atomic mass is 127. The maximum atomic E-state index is 13.9. The summed E-state index contributed by atoms with van der Waals surface area (Å²) in [6.45, 7) is 7.90. The number of anilines is 1. The van der Waals surface area contributed by atoms with Crippen LogP contribution in [0.1, 0.15) is 18.1 Å². The van der Waals surface area contributed by atoms with Gasteiger partial charge in [-0.25, -0.2) is 4.39 Å². The number of benzene rings is 1. The summed E-state index contributed by atoms with van der Waals surface area (Å²) in [7, 11) is 0. The van der Waals surface area contributed by atoms with E-state index in [4.69, 9.17) is 14.5 Å². The Balaban J connectivity index is 0.00000256. The zero-order valence-corrected chi connectivity index (χ0v) is 20.3. The first-order valence-corrected chi connectivity index (χ1v) is 11.0. The van der Waals surface area contributed by atoms with E-state index in [0.29, 0.717) is 19.6 Å². The van der Waals surface area contributed by atoms with Crippen molar-refractivity contribution in [1.29, 1.82) is 0 Å². The summed E-state index contributed by atoms with van der Waals surface area (Å²) in [5.41, 5.74) is 1.62. The number of nitrogens with one attached hydrogen (secondary N) is 1. The zero-order valence-electron chi connectivity index (χ0n) is 17.1. The quantitative estimate of drug-likeness (QED) is 0.352. The molecule has 4 rings (SSSR count). The Labute approximate surface area is 198 Å². The largest absolute Gasteiger partial charge is 0.467 e. The SMILES string of the molecule is CCNC(=NCCc1cc(F)cc2c1OCOC2)N1CCN(c2cccs2)CC1.I. The van der Waals surface area contributed by atoms with E-state index in [2.05, 4.69) is 39.6 Å². The van der Waals surface area contributed by atoms with E-state index in [9.17, 15) is 4.39 Å². The number of hydrogen-bond acceptors (Lipinski definition) is 5. The average molecular weight is 546 g/mol. The van der Waals surface area contributed by atoms with Crippen molar-refractivity contribution in [3.63, 3.8) is 0 Å². The molecule has 164 valence electrons. The molecular formula is C21H28FIN4O2S. The van der Waals surface area contributed by atoms with Gasteiger partial charge in [-0.2, -0.15) is 0 Å². The minimum atomic E-state index is -0.256. The summed E-state index contributed by atoms with van der Waals surface area (Å²) in [4.78, 5) is 9.53. The molecule has 0 spiro atoms. The first kappa shape index (κ1) is 23.1. The predicted octanol–water partition coefficient (Wildman–Crippen LogP) is 3.70. The lowest BCUT2D eigenvalue weighted by atomic mass is 10.1. The zero-order chi connectivity index (χ0) is 20.1. The molecule has 2 aromatic rings. The molecule has 6 nitrogen and oxygen atoms in total. The summed E-state index contributed by atoms with van der Waals surface area (Å²) in [5.74, 6) is 1.42. The van der Waals surface area contributed by atoms with Gasteiger partial charge in [0, 0.05) is 44.8 Å². The second-order valence-electron chi connectivity index (χ2n) is 7.07. The van der Waals surface area contributed by atoms with E-state index in [-0.39, 0.29) is 36.6 Å². The Morgan fingerprint density at radius 1 is 1.27 bits per heavy atom. The van der Waals surface area contributed by atoms with Gasteiger partial charge in [-0.15, -0.1) is 35.3 Å². The first-order valence-electron chi connectivity index (χ1n) is 10.1. The minimum Gasteiger partial charge on any atom is -0.467 e. The average Bonchev–Trinajstić information content (AvgIpc) is 3.28. The van der Waals surface area contributed by atoms with E-state index in [0.717, 1.165) is 55.6 Å². The van der Waals surface area contributed by atoms with Crippen molar-refractivity contribution in [1.82, 2.24) is 10.2 Å². The third-order valence-corrected chi connectivity index (χ3v) is 6.06. The van der Waals surface area contributed by atoms with Gasteiger partial charge < -0.3 is 24.6 Å². The standard InChI is InChI=1S/C21H27FN4O2S.HI/c1-2-23-21(26-9-7-25(8-10-26)19-4-3-11-29-19)24-6-5-16-12-18(22)13-17-14-27-15-28-20(16)17;/h3-4,11-13H,2,5-10,14-15H2,1H3,(H,23,24);1H. The van der Waals surface area contributed by atoms with Crippen LogP contribution >= 0.6 is 35.3 Å². The van der Waals surface area contributed by atoms with Crippen molar-refractivity contribution in [3.05, 3.63) is 46.6 Å². The van der Waals surface area contributed by atoms with Crippen LogP contribution in [0.15, 0.2) is 34.6 Å². The molecule has 0 unspecified atom stereocenters. The third kappa shape index (κ3) is 5.55. The maximum absolute atomic E-state index is 13.9. The molecule has 0 saturated carbocycles. The van der Waals surface area contributed by atoms with Crippen molar-refractivity contribution in [2.45, 2.75) is 20.0 Å². The van der Waals surface area contributed by atoms with Gasteiger partial charge in [-0.3, -0.25) is 4.99 Å². The summed E-state index contributed by atoms with van der Waals surface area (Å²) in [5, 5.41) is 6.84. The van der Waals surface area contributed by atoms with Gasteiger partial charge in [0.1, 0.15) is 11.6 Å². The lowest BCUT2D eigenvalue weighted by Gasteiger charge is -2.37. The van der Waals surface area contributed by atoms with E-state index in [1.807, 2.05) is 0 Å². The lowest BCUT2D eigenvalue weighted by molar-refractivity contribution is -0.0172. The monoisotopic (exact) mass is 546 g/mol. The van der Waals surface area contributed by atoms with Crippen molar-refractivity contribution in [3.8, 4) is 5.75 Å². The number of nitrogens with zero attached hydrogens (tertiary/aromatic N) is 3. The molecule has 9 heteroatoms. The highest BCUT2D eigenvalue weighted by Crippen LogP contribution is 2.29. The molecule has 30 heavy (non-hydrogen) atoms. The number of piperazine rings is 1. The molecule has 1 saturated heterocycles. The van der Waals surface area contributed by atoms with Gasteiger partial charge in [0.15, 0.2) is 12.8 Å². The molecule has 2 aliphatic rings. The fourth-order valence-corrected chi connectivity index (χ4v) is 4.52. The minimum absolute atomic E-state index is 0. The first-order chi connectivity index (χ1) is 14.2. The fourth-order valence-electron chi connectivity index (χ4n) is 3.74. The number of fused-ring (bicyclic) bond motifs is 1. The molecule has 3 heterocycles. The molecule has 2 aliphatic heterocycles. The molecule has 1 fully saturated rings. The number of aliphatic imine (C=N–C) groups is 1. The third-order valence-electron chi connectivity index (χ3n) is 5.13. The van der Waals surface area contributed by atoms with Gasteiger partial charge in [0.25, 0.3) is 0 Å². The van der Waals surface area contributed by atoms with Gasteiger partial charge in [0.2, 0.25) is 0 Å². The van der Waals surface area contributed by atoms with E-state index in [1.165, 1.54) is 11.1 Å². The van der Waals surface area contributed by atoms with Gasteiger partial charge >= 0.3 is 0 Å². The van der Waals surface area contributed by atoms with Crippen LogP contribution in [0.4, 0.5) is 9.39 Å². The van der Waals surface area contributed by atoms with E-state index < -0.39 is 0 Å². The van der Waals surface area contributed by atoms with E-state index >= 15 is 0 Å². The molecule has 1 N–H and O–H groups in total. The van der Waals surface area contributed by atoms with Crippen LogP contribution < -0.4 is 15.0 Å². The summed E-state index contributed by atoms with van der Waals surface area (Å²) < 4.78 is 24.8. The number of hydrogen-bond donors (Lipinski definition) is 1. The Morgan fingerprint density at radius 3 is 2.83 bits per heavy atom. The molecule has 0 aliphatic carbocycles. The molecule has 1 aromatic carbocycles. The number of thiophene rings is 1. The van der Waals surface area contributed by atoms with Crippen LogP contribution in [0, 0.1) is 5.82 Å². The maximum Gasteiger partial charge on any atom is 0.194 e. The van der Waals surface area contributed by atoms with Gasteiger partial charge in [-0.1, -0.05) is 0 Å². The smallest absolute Gasteiger partial charge is 0.194 e. The Kier molecular flexibility index (Phi) is 8.58. The van der Waals surface area contributed by atoms with Crippen LogP contribution in [-0.2, 0) is 17.8 Å². The fraction of sp³-hybridized carbons (Fsp3) is 0.476. The number of halogens is 2. The van der Waals surface area contributed by atoms with Crippen LogP contribution in [0.2, 0.25) is 0 Å². The molecular weight excluding hydrogens is 518 g/mol. The van der Waals surface area contributed by atoms with Crippen LogP contribution in [0.25, 0.3) is 0 Å². The second kappa shape index (κ2) is 11.1. The van der Waals surface area contributed by atoms with Gasteiger partial charge in [0.05, 0.1) is 11.6 Å². The van der Waals surface area contributed by atoms with Crippen LogP contribution in [0.5, 0.6) is 5.75 Å². The molecule has 0 amide bonds. The molecule has 0 atom stereocenters. The van der Waals surface area contributed by atoms with Crippen LogP contribution in [0.3, 0.4) is 0 Å². The van der Waals surface area contributed by atoms with Gasteiger partial charge in [-0.05, 0) is 48.6 Å². The van der Waals surface area contributed by atoms with Crippen molar-refractivity contribution >= 4 is 46.3 Å². The van der Waals surface area contributed by atoms with Crippen LogP contribution in [-0.4, -0.2) is 56.9 Å². The van der Waals surface area contributed by atoms with Crippen molar-refractivity contribution in [2.75, 3.05) is 51.0 Å². The topological polar surface area (TPSA) is 49.3 Å². The Bertz CT molecular complexity index is 842. The van der Waals surface area contributed by atoms with Crippen molar-refractivity contribution in [2.24, 2.45) is 4.99 Å². The summed E-state index contributed by atoms with van der Waals surface area (Å²) in [6.07, 6.45) is 0.629. The van der Waals surface area contributed by atoms with Crippen molar-refractivity contribution < 1.29 is 13.9 Å². The van der Waals surface area contributed by atoms with E-state index in [1.54, 1.807) is 17.4 Å². The Hall–Kier alpha value is -1.59. The highest BCUT2D eigenvalue weighted by molar-refractivity contribution is 14.0. The highest BCUT2D eigenvalue weighted by Gasteiger charge is 2.21. The molecule has 1 aromatic heterocycles. The number of ether oxygens (including phenoxy) is 2. The normalized spacial score (nSPS) is 16.5. The second-order valence-corrected chi connectivity index (χ2v) is 8.00. The predicted molar refractivity (Wildman–Crippen MR) is 130 cm³/mol. The Morgan fingerprint density at radius 2 is 2.10 bits per heavy atom.